The summed E-state index contributed by atoms with van der Waals surface area (Å²) in [7, 11) is 1.59. The number of carbonyl (C=O) groups excluding carboxylic acids is 2. The van der Waals surface area contributed by atoms with Crippen LogP contribution in [0.1, 0.15) is 13.3 Å². The lowest BCUT2D eigenvalue weighted by molar-refractivity contribution is -0.137. The molecule has 1 rings (SSSR count). The van der Waals surface area contributed by atoms with Crippen LogP contribution >= 0.6 is 11.8 Å². The van der Waals surface area contributed by atoms with Crippen molar-refractivity contribution in [1.82, 2.24) is 15.5 Å². The molecule has 0 saturated carbocycles. The van der Waals surface area contributed by atoms with E-state index in [0.717, 1.165) is 24.5 Å². The van der Waals surface area contributed by atoms with Gasteiger partial charge in [0.25, 0.3) is 0 Å². The first-order chi connectivity index (χ1) is 8.19. The highest BCUT2D eigenvalue weighted by Crippen LogP contribution is 2.10. The highest BCUT2D eigenvalue weighted by Gasteiger charge is 2.26. The van der Waals surface area contributed by atoms with Crippen LogP contribution in [0.3, 0.4) is 0 Å². The summed E-state index contributed by atoms with van der Waals surface area (Å²) in [5, 5.41) is 5.76. The van der Waals surface area contributed by atoms with Crippen molar-refractivity contribution in [3.8, 4) is 0 Å². The molecule has 0 aromatic carbocycles. The summed E-state index contributed by atoms with van der Waals surface area (Å²) in [6.07, 6.45) is 0.864. The number of likely N-dealkylation sites (N-methyl/N-ethyl adjacent to an activating group) is 1. The summed E-state index contributed by atoms with van der Waals surface area (Å²) in [6, 6.07) is -0.134. The van der Waals surface area contributed by atoms with Crippen LogP contribution in [0.25, 0.3) is 0 Å². The summed E-state index contributed by atoms with van der Waals surface area (Å²) < 4.78 is 0. The van der Waals surface area contributed by atoms with Gasteiger partial charge in [-0.15, -0.1) is 0 Å². The Bertz CT molecular complexity index is 267. The number of carbonyl (C=O) groups is 2. The Morgan fingerprint density at radius 3 is 2.82 bits per heavy atom. The van der Waals surface area contributed by atoms with Crippen molar-refractivity contribution in [1.29, 1.82) is 0 Å². The largest absolute Gasteiger partial charge is 0.358 e. The zero-order chi connectivity index (χ0) is 12.7. The third-order valence-corrected chi connectivity index (χ3v) is 3.70. The van der Waals surface area contributed by atoms with Crippen molar-refractivity contribution in [2.45, 2.75) is 19.4 Å². The maximum absolute atomic E-state index is 12.2. The fraction of sp³-hybridized carbons (Fsp3) is 0.818. The van der Waals surface area contributed by atoms with Crippen molar-refractivity contribution in [3.63, 3.8) is 0 Å². The molecule has 0 bridgehead atoms. The Kier molecular flexibility index (Phi) is 6.36. The van der Waals surface area contributed by atoms with Crippen LogP contribution in [0.2, 0.25) is 0 Å². The second-order valence-corrected chi connectivity index (χ2v) is 5.16. The molecule has 2 amide bonds. The summed E-state index contributed by atoms with van der Waals surface area (Å²) >= 11 is 1.78. The van der Waals surface area contributed by atoms with Gasteiger partial charge in [0, 0.05) is 31.6 Å². The molecule has 2 N–H and O–H groups in total. The maximum Gasteiger partial charge on any atom is 0.241 e. The third-order valence-electron chi connectivity index (χ3n) is 2.64. The van der Waals surface area contributed by atoms with E-state index in [4.69, 9.17) is 0 Å². The molecule has 98 valence electrons. The molecule has 6 heteroatoms. The van der Waals surface area contributed by atoms with Crippen LogP contribution < -0.4 is 10.6 Å². The number of rotatable bonds is 5. The fourth-order valence-corrected chi connectivity index (χ4v) is 2.66. The van der Waals surface area contributed by atoms with E-state index < -0.39 is 0 Å². The molecule has 5 nitrogen and oxygen atoms in total. The molecule has 0 aromatic heterocycles. The van der Waals surface area contributed by atoms with Crippen LogP contribution in [0.4, 0.5) is 0 Å². The van der Waals surface area contributed by atoms with Crippen molar-refractivity contribution in [2.24, 2.45) is 0 Å². The van der Waals surface area contributed by atoms with E-state index in [1.54, 1.807) is 23.7 Å². The molecular formula is C11H21N3O2S. The Labute approximate surface area is 107 Å². The van der Waals surface area contributed by atoms with E-state index in [1.807, 2.05) is 6.92 Å². The molecule has 1 unspecified atom stereocenters. The van der Waals surface area contributed by atoms with Crippen LogP contribution in [-0.2, 0) is 9.59 Å². The molecule has 1 saturated heterocycles. The number of hydrogen-bond acceptors (Lipinski definition) is 4. The SMILES string of the molecule is CCCN(CC(=O)NC)C(=O)C1CSCCN1. The van der Waals surface area contributed by atoms with Gasteiger partial charge < -0.3 is 15.5 Å². The van der Waals surface area contributed by atoms with Gasteiger partial charge in [0.2, 0.25) is 11.8 Å². The van der Waals surface area contributed by atoms with Gasteiger partial charge in [-0.1, -0.05) is 6.92 Å². The molecule has 1 heterocycles. The van der Waals surface area contributed by atoms with Crippen LogP contribution in [0.15, 0.2) is 0 Å². The van der Waals surface area contributed by atoms with E-state index in [-0.39, 0.29) is 24.4 Å². The molecule has 0 radical (unpaired) electrons. The van der Waals surface area contributed by atoms with Gasteiger partial charge in [0.05, 0.1) is 12.6 Å². The monoisotopic (exact) mass is 259 g/mol. The van der Waals surface area contributed by atoms with E-state index in [1.165, 1.54) is 0 Å². The highest BCUT2D eigenvalue weighted by atomic mass is 32.2. The molecule has 1 atom stereocenters. The molecular weight excluding hydrogens is 238 g/mol. The Balaban J connectivity index is 2.55. The average Bonchev–Trinajstić information content (AvgIpc) is 2.38. The lowest BCUT2D eigenvalue weighted by Gasteiger charge is -2.29. The quantitative estimate of drug-likeness (QED) is 0.710. The van der Waals surface area contributed by atoms with Gasteiger partial charge in [-0.05, 0) is 6.42 Å². The predicted octanol–water partition coefficient (Wildman–Crippen LogP) is -0.324. The first kappa shape index (κ1) is 14.3. The number of hydrogen-bond donors (Lipinski definition) is 2. The second-order valence-electron chi connectivity index (χ2n) is 4.01. The highest BCUT2D eigenvalue weighted by molar-refractivity contribution is 7.99. The standard InChI is InChI=1S/C11H21N3O2S/c1-3-5-14(7-10(15)12-2)11(16)9-8-17-6-4-13-9/h9,13H,3-8H2,1-2H3,(H,12,15). The van der Waals surface area contributed by atoms with E-state index in [2.05, 4.69) is 10.6 Å². The normalized spacial score (nSPS) is 19.8. The van der Waals surface area contributed by atoms with Gasteiger partial charge in [-0.25, -0.2) is 0 Å². The zero-order valence-corrected chi connectivity index (χ0v) is 11.3. The molecule has 0 spiro atoms. The summed E-state index contributed by atoms with van der Waals surface area (Å²) in [5.74, 6) is 1.78. The Hall–Kier alpha value is -0.750. The van der Waals surface area contributed by atoms with E-state index in [9.17, 15) is 9.59 Å². The molecule has 1 aliphatic rings. The third kappa shape index (κ3) is 4.55. The lowest BCUT2D eigenvalue weighted by Crippen LogP contribution is -2.52. The summed E-state index contributed by atoms with van der Waals surface area (Å²) in [6.45, 7) is 3.66. The minimum Gasteiger partial charge on any atom is -0.358 e. The van der Waals surface area contributed by atoms with Crippen LogP contribution in [0.5, 0.6) is 0 Å². The molecule has 1 aliphatic heterocycles. The van der Waals surface area contributed by atoms with Gasteiger partial charge in [0.15, 0.2) is 0 Å². The lowest BCUT2D eigenvalue weighted by atomic mass is 10.2. The van der Waals surface area contributed by atoms with Crippen molar-refractivity contribution >= 4 is 23.6 Å². The number of nitrogens with one attached hydrogen (secondary N) is 2. The minimum absolute atomic E-state index is 0.0441. The smallest absolute Gasteiger partial charge is 0.241 e. The topological polar surface area (TPSA) is 61.4 Å². The first-order valence-corrected chi connectivity index (χ1v) is 7.15. The number of nitrogens with zero attached hydrogens (tertiary/aromatic N) is 1. The summed E-state index contributed by atoms with van der Waals surface area (Å²) in [4.78, 5) is 25.2. The maximum atomic E-state index is 12.2. The van der Waals surface area contributed by atoms with Gasteiger partial charge in [-0.2, -0.15) is 11.8 Å². The van der Waals surface area contributed by atoms with E-state index >= 15 is 0 Å². The second kappa shape index (κ2) is 7.55. The van der Waals surface area contributed by atoms with Crippen molar-refractivity contribution < 1.29 is 9.59 Å². The van der Waals surface area contributed by atoms with Gasteiger partial charge in [0.1, 0.15) is 0 Å². The van der Waals surface area contributed by atoms with Crippen molar-refractivity contribution in [3.05, 3.63) is 0 Å². The van der Waals surface area contributed by atoms with Gasteiger partial charge >= 0.3 is 0 Å². The molecule has 0 aliphatic carbocycles. The Morgan fingerprint density at radius 1 is 1.53 bits per heavy atom. The average molecular weight is 259 g/mol. The summed E-state index contributed by atoms with van der Waals surface area (Å²) in [5.41, 5.74) is 0. The van der Waals surface area contributed by atoms with Crippen molar-refractivity contribution in [2.75, 3.05) is 38.2 Å². The zero-order valence-electron chi connectivity index (χ0n) is 10.5. The predicted molar refractivity (Wildman–Crippen MR) is 70.1 cm³/mol. The molecule has 1 fully saturated rings. The molecule has 17 heavy (non-hydrogen) atoms. The number of amides is 2. The van der Waals surface area contributed by atoms with Crippen LogP contribution in [-0.4, -0.2) is 60.9 Å². The van der Waals surface area contributed by atoms with Gasteiger partial charge in [-0.3, -0.25) is 9.59 Å². The van der Waals surface area contributed by atoms with E-state index in [0.29, 0.717) is 6.54 Å². The minimum atomic E-state index is -0.134. The molecule has 0 aromatic rings. The first-order valence-electron chi connectivity index (χ1n) is 5.99. The number of thioether (sulfide) groups is 1. The van der Waals surface area contributed by atoms with Crippen LogP contribution in [0, 0.1) is 0 Å². The Morgan fingerprint density at radius 2 is 2.29 bits per heavy atom. The fourth-order valence-electron chi connectivity index (χ4n) is 1.73.